The minimum Gasteiger partial charge on any atom is -0.455 e. The van der Waals surface area contributed by atoms with Crippen molar-refractivity contribution in [3.8, 4) is 78.4 Å². The molecule has 0 N–H and O–H groups in total. The zero-order chi connectivity index (χ0) is 49.5. The molecular formula is C64H40N2O. The zero-order valence-electron chi connectivity index (χ0n) is 41.9. The summed E-state index contributed by atoms with van der Waals surface area (Å²) < 4.78 is 63.9. The molecule has 3 heteroatoms. The number of rotatable bonds is 7. The summed E-state index contributed by atoms with van der Waals surface area (Å²) in [5.74, 6) is 1.31. The molecule has 312 valence electrons. The summed E-state index contributed by atoms with van der Waals surface area (Å²) in [6.45, 7) is 0. The van der Waals surface area contributed by atoms with Crippen LogP contribution in [0, 0.1) is 0 Å². The number of furan rings is 1. The van der Waals surface area contributed by atoms with Gasteiger partial charge < -0.3 is 4.42 Å². The van der Waals surface area contributed by atoms with Crippen LogP contribution >= 0.6 is 0 Å². The molecule has 0 aliphatic carbocycles. The van der Waals surface area contributed by atoms with Crippen molar-refractivity contribution in [3.63, 3.8) is 0 Å². The topological polar surface area (TPSA) is 38.9 Å². The van der Waals surface area contributed by atoms with Crippen LogP contribution in [0.2, 0.25) is 0 Å². The van der Waals surface area contributed by atoms with Crippen molar-refractivity contribution in [1.29, 1.82) is 0 Å². The Morgan fingerprint density at radius 1 is 0.343 bits per heavy atom. The van der Waals surface area contributed by atoms with Crippen LogP contribution in [0.4, 0.5) is 0 Å². The van der Waals surface area contributed by atoms with Gasteiger partial charge in [0.2, 0.25) is 0 Å². The molecule has 0 bridgehead atoms. The van der Waals surface area contributed by atoms with Gasteiger partial charge in [0.1, 0.15) is 11.5 Å². The molecule has 3 nitrogen and oxygen atoms in total. The Labute approximate surface area is 396 Å². The van der Waals surface area contributed by atoms with Crippen molar-refractivity contribution in [2.24, 2.45) is 0 Å². The van der Waals surface area contributed by atoms with Gasteiger partial charge in [-0.25, -0.2) is 4.98 Å². The molecule has 0 saturated carbocycles. The van der Waals surface area contributed by atoms with Gasteiger partial charge in [-0.1, -0.05) is 218 Å². The molecule has 13 rings (SSSR count). The predicted molar refractivity (Wildman–Crippen MR) is 280 cm³/mol. The van der Waals surface area contributed by atoms with E-state index in [1.54, 1.807) is 12.3 Å². The quantitative estimate of drug-likeness (QED) is 0.118. The molecule has 0 radical (unpaired) electrons. The van der Waals surface area contributed by atoms with Crippen molar-refractivity contribution < 1.29 is 12.6 Å². The highest BCUT2D eigenvalue weighted by Crippen LogP contribution is 2.53. The van der Waals surface area contributed by atoms with E-state index in [9.17, 15) is 5.48 Å². The summed E-state index contributed by atoms with van der Waals surface area (Å²) in [6, 6.07) is 64.9. The van der Waals surface area contributed by atoms with Crippen LogP contribution in [-0.2, 0) is 0 Å². The molecular weight excluding hydrogens is 813 g/mol. The SMILES string of the molecule is [2H]c1c([2H])c([2H])c2c(-c3ccc4ccc5cccnc5c4n3)c([2H])c([2H])c(-c3cccc(-c4c(-c5ccccc5)oc(-c5c6ccccc6c(-c6ccccc6)c6ccccc56)c4-c4ccccc4)c3)c2c1[2H]. The Morgan fingerprint density at radius 3 is 1.52 bits per heavy atom. The van der Waals surface area contributed by atoms with E-state index in [1.165, 1.54) is 0 Å². The molecule has 0 aliphatic rings. The average Bonchev–Trinajstić information content (AvgIpc) is 3.85. The van der Waals surface area contributed by atoms with E-state index in [2.05, 4.69) is 89.9 Å². The Kier molecular flexibility index (Phi) is 7.78. The first-order valence-corrected chi connectivity index (χ1v) is 22.3. The lowest BCUT2D eigenvalue weighted by atomic mass is 9.85. The molecule has 0 atom stereocenters. The Morgan fingerprint density at radius 2 is 0.851 bits per heavy atom. The zero-order valence-corrected chi connectivity index (χ0v) is 35.9. The third-order valence-electron chi connectivity index (χ3n) is 12.9. The minimum atomic E-state index is -0.439. The second kappa shape index (κ2) is 16.0. The number of hydrogen-bond donors (Lipinski definition) is 0. The molecule has 0 spiro atoms. The van der Waals surface area contributed by atoms with Crippen LogP contribution < -0.4 is 0 Å². The van der Waals surface area contributed by atoms with Crippen LogP contribution in [0.15, 0.2) is 247 Å². The van der Waals surface area contributed by atoms with Crippen LogP contribution in [-0.4, -0.2) is 9.97 Å². The van der Waals surface area contributed by atoms with E-state index in [-0.39, 0.29) is 46.1 Å². The standard InChI is InChI=1S/C64H40N2O/c1-4-18-41(19-5-1)57-52-29-12-14-31-54(52)60(55-32-15-13-30-53(55)57)64-58(42-20-6-2-7-21-42)59(63(67-64)45-22-8-3-9-23-45)47-25-16-24-46(40-47)48-36-37-51(50-28-11-10-27-49(48)50)56-38-35-44-34-33-43-26-17-39-65-61(43)62(44)66-56/h1-40H/i10D,11D,27D,28D,36D,37D. The van der Waals surface area contributed by atoms with Crippen LogP contribution in [0.3, 0.4) is 0 Å². The Bertz CT molecular complexity index is 4330. The van der Waals surface area contributed by atoms with Gasteiger partial charge in [-0.3, -0.25) is 4.98 Å². The van der Waals surface area contributed by atoms with Crippen molar-refractivity contribution in [3.05, 3.63) is 243 Å². The number of hydrogen-bond acceptors (Lipinski definition) is 3. The fraction of sp³-hybridized carbons (Fsp3) is 0. The van der Waals surface area contributed by atoms with Gasteiger partial charge in [0.05, 0.1) is 25.0 Å². The van der Waals surface area contributed by atoms with Crippen LogP contribution in [0.25, 0.3) is 133 Å². The maximum absolute atomic E-state index is 9.87. The molecule has 10 aromatic carbocycles. The van der Waals surface area contributed by atoms with Gasteiger partial charge in [-0.2, -0.15) is 0 Å². The number of pyridine rings is 2. The van der Waals surface area contributed by atoms with Gasteiger partial charge >= 0.3 is 0 Å². The lowest BCUT2D eigenvalue weighted by Crippen LogP contribution is -1.92. The number of nitrogens with zero attached hydrogens (tertiary/aromatic N) is 2. The number of aromatic nitrogens is 2. The summed E-state index contributed by atoms with van der Waals surface area (Å²) in [5.41, 5.74) is 9.80. The summed E-state index contributed by atoms with van der Waals surface area (Å²) in [4.78, 5) is 9.66. The summed E-state index contributed by atoms with van der Waals surface area (Å²) >= 11 is 0. The van der Waals surface area contributed by atoms with Gasteiger partial charge in [0.25, 0.3) is 0 Å². The lowest BCUT2D eigenvalue weighted by molar-refractivity contribution is 0.600. The fourth-order valence-corrected chi connectivity index (χ4v) is 9.88. The molecule has 0 fully saturated rings. The van der Waals surface area contributed by atoms with Gasteiger partial charge in [-0.05, 0) is 83.9 Å². The predicted octanol–water partition coefficient (Wildman–Crippen LogP) is 17.5. The van der Waals surface area contributed by atoms with Crippen molar-refractivity contribution in [2.75, 3.05) is 0 Å². The minimum absolute atomic E-state index is 0.116. The number of benzene rings is 10. The summed E-state index contributed by atoms with van der Waals surface area (Å²) in [5, 5.41) is 6.18. The van der Waals surface area contributed by atoms with E-state index >= 15 is 0 Å². The molecule has 0 unspecified atom stereocenters. The third kappa shape index (κ3) is 6.43. The highest BCUT2D eigenvalue weighted by atomic mass is 16.3. The van der Waals surface area contributed by atoms with Crippen molar-refractivity contribution >= 4 is 54.1 Å². The maximum Gasteiger partial charge on any atom is 0.144 e. The number of fused-ring (bicyclic) bond motifs is 6. The Balaban J connectivity index is 1.11. The molecule has 0 saturated heterocycles. The highest BCUT2D eigenvalue weighted by Gasteiger charge is 2.29. The lowest BCUT2D eigenvalue weighted by Gasteiger charge is -2.17. The highest BCUT2D eigenvalue weighted by molar-refractivity contribution is 6.23. The first-order chi connectivity index (χ1) is 35.8. The van der Waals surface area contributed by atoms with Crippen molar-refractivity contribution in [1.82, 2.24) is 9.97 Å². The average molecular weight is 859 g/mol. The smallest absolute Gasteiger partial charge is 0.144 e. The molecule has 3 heterocycles. The second-order valence-corrected chi connectivity index (χ2v) is 16.7. The monoisotopic (exact) mass is 858 g/mol. The van der Waals surface area contributed by atoms with Crippen LogP contribution in [0.1, 0.15) is 8.22 Å². The summed E-state index contributed by atoms with van der Waals surface area (Å²) in [7, 11) is 0. The Hall–Kier alpha value is -8.92. The van der Waals surface area contributed by atoms with Gasteiger partial charge in [-0.15, -0.1) is 0 Å². The van der Waals surface area contributed by atoms with E-state index in [0.29, 0.717) is 33.8 Å². The molecule has 3 aromatic heterocycles. The first-order valence-electron chi connectivity index (χ1n) is 25.3. The van der Waals surface area contributed by atoms with E-state index < -0.39 is 12.1 Å². The largest absolute Gasteiger partial charge is 0.455 e. The van der Waals surface area contributed by atoms with Gasteiger partial charge in [0, 0.05) is 44.8 Å². The fourth-order valence-electron chi connectivity index (χ4n) is 9.88. The van der Waals surface area contributed by atoms with Crippen molar-refractivity contribution in [2.45, 2.75) is 0 Å². The molecule has 0 aliphatic heterocycles. The normalized spacial score (nSPS) is 12.8. The summed E-state index contributed by atoms with van der Waals surface area (Å²) in [6.07, 6.45) is 1.70. The van der Waals surface area contributed by atoms with E-state index in [1.807, 2.05) is 109 Å². The molecule has 67 heavy (non-hydrogen) atoms. The van der Waals surface area contributed by atoms with E-state index in [4.69, 9.17) is 12.1 Å². The molecule has 13 aromatic rings. The maximum atomic E-state index is 9.87. The third-order valence-corrected chi connectivity index (χ3v) is 12.9. The second-order valence-electron chi connectivity index (χ2n) is 16.7. The van der Waals surface area contributed by atoms with Crippen LogP contribution in [0.5, 0.6) is 0 Å². The molecule has 0 amide bonds. The van der Waals surface area contributed by atoms with E-state index in [0.717, 1.165) is 76.8 Å². The first kappa shape index (κ1) is 32.7. The van der Waals surface area contributed by atoms with Gasteiger partial charge in [0.15, 0.2) is 0 Å².